The third-order valence-corrected chi connectivity index (χ3v) is 5.52. The first-order valence-corrected chi connectivity index (χ1v) is 12.0. The van der Waals surface area contributed by atoms with Gasteiger partial charge in [0.2, 0.25) is 0 Å². The van der Waals surface area contributed by atoms with E-state index in [2.05, 4.69) is 10.3 Å². The van der Waals surface area contributed by atoms with Crippen LogP contribution in [-0.4, -0.2) is 57.3 Å². The minimum Gasteiger partial charge on any atom is -0.480 e. The van der Waals surface area contributed by atoms with Crippen LogP contribution in [-0.2, 0) is 9.59 Å². The van der Waals surface area contributed by atoms with E-state index in [4.69, 9.17) is 21.4 Å². The maximum absolute atomic E-state index is 13.4. The molecule has 0 aliphatic rings. The summed E-state index contributed by atoms with van der Waals surface area (Å²) in [7, 11) is 0. The number of pyridine rings is 1. The SMILES string of the molecule is NC(N)=NCCC[C@H](NC(=O)c1cccn(C(c2ccccc2)c2ccccc2)c1=O)C(=O)O.O=C(O)C(F)(F)F. The van der Waals surface area contributed by atoms with Crippen LogP contribution in [0.15, 0.2) is 88.8 Å². The van der Waals surface area contributed by atoms with E-state index in [1.54, 1.807) is 12.3 Å². The molecule has 2 aromatic carbocycles. The second-order valence-corrected chi connectivity index (χ2v) is 8.47. The number of carbonyl (C=O) groups excluding carboxylic acids is 1. The Morgan fingerprint density at radius 2 is 1.41 bits per heavy atom. The average Bonchev–Trinajstić information content (AvgIpc) is 2.92. The molecule has 41 heavy (non-hydrogen) atoms. The number of hydrogen-bond donors (Lipinski definition) is 5. The third kappa shape index (κ3) is 9.84. The number of nitrogens with two attached hydrogens (primary N) is 2. The Morgan fingerprint density at radius 3 is 1.85 bits per heavy atom. The van der Waals surface area contributed by atoms with E-state index >= 15 is 0 Å². The molecule has 3 rings (SSSR count). The summed E-state index contributed by atoms with van der Waals surface area (Å²) in [5, 5.41) is 19.1. The van der Waals surface area contributed by atoms with Gasteiger partial charge in [-0.25, -0.2) is 9.59 Å². The van der Waals surface area contributed by atoms with Gasteiger partial charge in [-0.15, -0.1) is 0 Å². The molecule has 14 heteroatoms. The Kier molecular flexibility index (Phi) is 11.6. The van der Waals surface area contributed by atoms with Gasteiger partial charge >= 0.3 is 18.1 Å². The van der Waals surface area contributed by atoms with Gasteiger partial charge in [-0.3, -0.25) is 14.6 Å². The summed E-state index contributed by atoms with van der Waals surface area (Å²) in [5.41, 5.74) is 11.6. The van der Waals surface area contributed by atoms with Crippen molar-refractivity contribution in [1.82, 2.24) is 9.88 Å². The number of rotatable bonds is 10. The number of aromatic nitrogens is 1. The molecule has 0 aliphatic carbocycles. The normalized spacial score (nSPS) is 11.5. The molecule has 0 radical (unpaired) electrons. The molecule has 7 N–H and O–H groups in total. The van der Waals surface area contributed by atoms with E-state index < -0.39 is 41.7 Å². The fourth-order valence-corrected chi connectivity index (χ4v) is 3.67. The molecular weight excluding hydrogens is 547 g/mol. The topological polar surface area (TPSA) is 190 Å². The van der Waals surface area contributed by atoms with Gasteiger partial charge in [0.1, 0.15) is 11.6 Å². The number of aliphatic carboxylic acids is 2. The van der Waals surface area contributed by atoms with Crippen molar-refractivity contribution >= 4 is 23.8 Å². The van der Waals surface area contributed by atoms with Gasteiger partial charge < -0.3 is 31.6 Å². The highest BCUT2D eigenvalue weighted by Crippen LogP contribution is 2.25. The van der Waals surface area contributed by atoms with Gasteiger partial charge in [0.05, 0.1) is 6.04 Å². The average molecular weight is 576 g/mol. The summed E-state index contributed by atoms with van der Waals surface area (Å²) < 4.78 is 33.2. The molecule has 0 saturated carbocycles. The predicted octanol–water partition coefficient (Wildman–Crippen LogP) is 2.36. The van der Waals surface area contributed by atoms with Gasteiger partial charge in [-0.2, -0.15) is 13.2 Å². The highest BCUT2D eigenvalue weighted by Gasteiger charge is 2.38. The molecule has 11 nitrogen and oxygen atoms in total. The summed E-state index contributed by atoms with van der Waals surface area (Å²) in [4.78, 5) is 50.7. The fraction of sp³-hybridized carbons (Fsp3) is 0.222. The molecule has 1 atom stereocenters. The Balaban J connectivity index is 0.000000745. The van der Waals surface area contributed by atoms with Crippen molar-refractivity contribution in [3.8, 4) is 0 Å². The van der Waals surface area contributed by atoms with Crippen molar-refractivity contribution in [3.63, 3.8) is 0 Å². The number of carboxylic acids is 2. The number of guanidine groups is 1. The number of benzene rings is 2. The lowest BCUT2D eigenvalue weighted by Gasteiger charge is -2.22. The van der Waals surface area contributed by atoms with Crippen molar-refractivity contribution in [2.45, 2.75) is 31.1 Å². The van der Waals surface area contributed by atoms with Crippen molar-refractivity contribution in [2.24, 2.45) is 16.5 Å². The number of carboxylic acid groups (broad SMARTS) is 2. The van der Waals surface area contributed by atoms with Crippen LogP contribution in [0, 0.1) is 0 Å². The van der Waals surface area contributed by atoms with Crippen LogP contribution in [0.2, 0.25) is 0 Å². The Bertz CT molecular complexity index is 1370. The van der Waals surface area contributed by atoms with E-state index in [1.807, 2.05) is 60.7 Å². The van der Waals surface area contributed by atoms with Gasteiger partial charge in [0, 0.05) is 12.7 Å². The lowest BCUT2D eigenvalue weighted by atomic mass is 9.98. The zero-order chi connectivity index (χ0) is 30.6. The number of hydrogen-bond acceptors (Lipinski definition) is 5. The number of halogens is 3. The number of amides is 1. The molecule has 0 saturated heterocycles. The Hall–Kier alpha value is -5.14. The summed E-state index contributed by atoms with van der Waals surface area (Å²) in [6.45, 7) is 0.232. The monoisotopic (exact) mass is 575 g/mol. The molecule has 0 fully saturated rings. The standard InChI is InChI=1S/C25H27N5O4.C2HF3O2/c26-25(27)28-15-7-14-20(24(33)34)29-22(31)19-13-8-16-30(23(19)32)21(17-9-3-1-4-10-17)18-11-5-2-6-12-18;3-2(4,5)1(6)7/h1-6,8-13,16,20-21H,7,14-15H2,(H,29,31)(H,33,34)(H4,26,27,28);(H,6,7)/t20-;/m0./s1. The van der Waals surface area contributed by atoms with Crippen LogP contribution in [0.5, 0.6) is 0 Å². The highest BCUT2D eigenvalue weighted by atomic mass is 19.4. The van der Waals surface area contributed by atoms with Gasteiger partial charge in [-0.05, 0) is 36.1 Å². The molecular formula is C27H28F3N5O6. The molecule has 1 amide bonds. The molecule has 0 bridgehead atoms. The lowest BCUT2D eigenvalue weighted by molar-refractivity contribution is -0.192. The minimum absolute atomic E-state index is 0.0906. The molecule has 0 spiro atoms. The van der Waals surface area contributed by atoms with Crippen molar-refractivity contribution < 1.29 is 37.8 Å². The molecule has 1 aromatic heterocycles. The van der Waals surface area contributed by atoms with Gasteiger partial charge in [0.25, 0.3) is 11.5 Å². The maximum Gasteiger partial charge on any atom is 0.490 e. The van der Waals surface area contributed by atoms with E-state index in [9.17, 15) is 32.7 Å². The summed E-state index contributed by atoms with van der Waals surface area (Å²) in [6, 6.07) is 20.3. The van der Waals surface area contributed by atoms with Crippen LogP contribution in [0.4, 0.5) is 13.2 Å². The minimum atomic E-state index is -5.08. The third-order valence-electron chi connectivity index (χ3n) is 5.52. The predicted molar refractivity (Wildman–Crippen MR) is 143 cm³/mol. The zero-order valence-electron chi connectivity index (χ0n) is 21.5. The number of alkyl halides is 3. The van der Waals surface area contributed by atoms with Gasteiger partial charge in [0.15, 0.2) is 5.96 Å². The number of aliphatic imine (C=N–C) groups is 1. The molecule has 0 unspecified atom stereocenters. The van der Waals surface area contributed by atoms with E-state index in [1.165, 1.54) is 10.6 Å². The zero-order valence-corrected chi connectivity index (χ0v) is 21.5. The smallest absolute Gasteiger partial charge is 0.480 e. The molecule has 1 heterocycles. The van der Waals surface area contributed by atoms with Crippen molar-refractivity contribution in [1.29, 1.82) is 0 Å². The second-order valence-electron chi connectivity index (χ2n) is 8.47. The first-order valence-electron chi connectivity index (χ1n) is 12.0. The Morgan fingerprint density at radius 1 is 0.902 bits per heavy atom. The van der Waals surface area contributed by atoms with Gasteiger partial charge in [-0.1, -0.05) is 60.7 Å². The van der Waals surface area contributed by atoms with E-state index in [-0.39, 0.29) is 24.5 Å². The summed E-state index contributed by atoms with van der Waals surface area (Å²) in [5.74, 6) is -4.81. The summed E-state index contributed by atoms with van der Waals surface area (Å²) >= 11 is 0. The lowest BCUT2D eigenvalue weighted by Crippen LogP contribution is -2.43. The van der Waals surface area contributed by atoms with Crippen LogP contribution in [0.1, 0.15) is 40.4 Å². The van der Waals surface area contributed by atoms with Crippen LogP contribution >= 0.6 is 0 Å². The first-order chi connectivity index (χ1) is 19.3. The quantitative estimate of drug-likeness (QED) is 0.138. The largest absolute Gasteiger partial charge is 0.490 e. The molecule has 3 aromatic rings. The summed E-state index contributed by atoms with van der Waals surface area (Å²) in [6.07, 6.45) is -3.01. The number of nitrogens with one attached hydrogen (secondary N) is 1. The van der Waals surface area contributed by atoms with Crippen LogP contribution in [0.3, 0.4) is 0 Å². The second kappa shape index (κ2) is 14.9. The van der Waals surface area contributed by atoms with Crippen molar-refractivity contribution in [3.05, 3.63) is 106 Å². The number of carbonyl (C=O) groups is 3. The van der Waals surface area contributed by atoms with E-state index in [0.717, 1.165) is 11.1 Å². The number of nitrogens with zero attached hydrogens (tertiary/aromatic N) is 2. The first kappa shape index (κ1) is 32.1. The van der Waals surface area contributed by atoms with Crippen LogP contribution in [0.25, 0.3) is 0 Å². The van der Waals surface area contributed by atoms with Crippen LogP contribution < -0.4 is 22.3 Å². The molecule has 218 valence electrons. The fourth-order valence-electron chi connectivity index (χ4n) is 3.67. The van der Waals surface area contributed by atoms with E-state index in [0.29, 0.717) is 6.42 Å². The van der Waals surface area contributed by atoms with Crippen molar-refractivity contribution in [2.75, 3.05) is 6.54 Å². The molecule has 0 aliphatic heterocycles. The maximum atomic E-state index is 13.4. The Labute approximate surface area is 231 Å². The highest BCUT2D eigenvalue weighted by molar-refractivity contribution is 5.96.